The number of carbonyl (C=O) groups excluding carboxylic acids is 4. The molecular formula is C29H38N2O8. The van der Waals surface area contributed by atoms with Crippen LogP contribution in [0.4, 0.5) is 9.59 Å². The molecule has 2 rings (SSSR count). The Labute approximate surface area is 230 Å². The molecule has 39 heavy (non-hydrogen) atoms. The number of amides is 2. The number of hydrogen-bond donors (Lipinski definition) is 2. The molecule has 0 unspecified atom stereocenters. The van der Waals surface area contributed by atoms with Crippen LogP contribution < -0.4 is 10.6 Å². The van der Waals surface area contributed by atoms with Gasteiger partial charge in [0.1, 0.15) is 0 Å². The molecule has 0 heterocycles. The fourth-order valence-corrected chi connectivity index (χ4v) is 2.48. The number of hydrogen-bond acceptors (Lipinski definition) is 8. The third-order valence-corrected chi connectivity index (χ3v) is 4.37. The van der Waals surface area contributed by atoms with E-state index in [0.29, 0.717) is 12.8 Å². The van der Waals surface area contributed by atoms with Crippen LogP contribution in [0.25, 0.3) is 0 Å². The number of benzene rings is 2. The normalized spacial score (nSPS) is 9.08. The first-order chi connectivity index (χ1) is 18.9. The van der Waals surface area contributed by atoms with Gasteiger partial charge in [-0.2, -0.15) is 0 Å². The molecule has 2 aromatic rings. The molecule has 0 aliphatic carbocycles. The van der Waals surface area contributed by atoms with Gasteiger partial charge in [-0.05, 0) is 17.5 Å². The number of rotatable bonds is 12. The molecule has 2 N–H and O–H groups in total. The molecule has 0 spiro atoms. The van der Waals surface area contributed by atoms with Crippen molar-refractivity contribution in [3.05, 3.63) is 97.1 Å². The first-order valence-corrected chi connectivity index (χ1v) is 12.2. The predicted molar refractivity (Wildman–Crippen MR) is 148 cm³/mol. The van der Waals surface area contributed by atoms with Gasteiger partial charge >= 0.3 is 24.1 Å². The Kier molecular flexibility index (Phi) is 21.0. The monoisotopic (exact) mass is 542 g/mol. The molecule has 2 amide bonds. The number of ether oxygens (including phenoxy) is 4. The zero-order valence-corrected chi connectivity index (χ0v) is 22.6. The van der Waals surface area contributed by atoms with Gasteiger partial charge in [-0.25, -0.2) is 19.2 Å². The maximum absolute atomic E-state index is 10.5. The van der Waals surface area contributed by atoms with E-state index in [2.05, 4.69) is 103 Å². The zero-order chi connectivity index (χ0) is 29.1. The summed E-state index contributed by atoms with van der Waals surface area (Å²) in [6.07, 6.45) is 3.17. The minimum Gasteiger partial charge on any atom is -0.462 e. The fraction of sp³-hybridized carbons (Fsp3) is 0.310. The zero-order valence-electron chi connectivity index (χ0n) is 22.6. The number of esters is 2. The molecule has 0 atom stereocenters. The van der Waals surface area contributed by atoms with Crippen LogP contribution in [0.15, 0.2) is 86.0 Å². The second-order valence-electron chi connectivity index (χ2n) is 7.37. The maximum Gasteiger partial charge on any atom is 0.406 e. The van der Waals surface area contributed by atoms with Crippen molar-refractivity contribution in [3.63, 3.8) is 0 Å². The van der Waals surface area contributed by atoms with Crippen LogP contribution in [-0.4, -0.2) is 64.6 Å². The Morgan fingerprint density at radius 2 is 0.949 bits per heavy atom. The molecule has 0 radical (unpaired) electrons. The van der Waals surface area contributed by atoms with Gasteiger partial charge in [0.05, 0.1) is 26.4 Å². The lowest BCUT2D eigenvalue weighted by molar-refractivity contribution is -0.138. The maximum atomic E-state index is 10.5. The average Bonchev–Trinajstić information content (AvgIpc) is 2.97. The van der Waals surface area contributed by atoms with Crippen LogP contribution in [0.3, 0.4) is 0 Å². The minimum atomic E-state index is -0.491. The second kappa shape index (κ2) is 23.8. The highest BCUT2D eigenvalue weighted by molar-refractivity contribution is 5.81. The Hall–Kier alpha value is -4.60. The highest BCUT2D eigenvalue weighted by Gasteiger charge is 1.99. The van der Waals surface area contributed by atoms with Gasteiger partial charge in [-0.1, -0.05) is 73.8 Å². The highest BCUT2D eigenvalue weighted by atomic mass is 16.6. The summed E-state index contributed by atoms with van der Waals surface area (Å²) in [4.78, 5) is 42.0. The van der Waals surface area contributed by atoms with E-state index in [1.54, 1.807) is 0 Å². The highest BCUT2D eigenvalue weighted by Crippen LogP contribution is 2.07. The van der Waals surface area contributed by atoms with Crippen LogP contribution in [0, 0.1) is 0 Å². The minimum absolute atomic E-state index is 0.224. The summed E-state index contributed by atoms with van der Waals surface area (Å²) in [6.45, 7) is 7.36. The standard InChI is InChI=1S/C13H12.2C8H13NO4/c1-3-7-12(8-4-1)11-13-9-5-2-6-10-13;2*1-3-7(10)12-5-4-6-13-8(11)9-2/h1-10H,11H2;2*3H,1,4-6H2,2H3,(H,9,11). The Bertz CT molecular complexity index is 902. The van der Waals surface area contributed by atoms with Gasteiger partial charge in [0.15, 0.2) is 0 Å². The van der Waals surface area contributed by atoms with Gasteiger partial charge in [-0.15, -0.1) is 0 Å². The van der Waals surface area contributed by atoms with Crippen molar-refractivity contribution < 1.29 is 38.1 Å². The van der Waals surface area contributed by atoms with Crippen molar-refractivity contribution in [2.45, 2.75) is 19.3 Å². The van der Waals surface area contributed by atoms with Gasteiger partial charge in [0, 0.05) is 39.1 Å². The molecule has 0 aromatic heterocycles. The van der Waals surface area contributed by atoms with Crippen LogP contribution in [0.2, 0.25) is 0 Å². The summed E-state index contributed by atoms with van der Waals surface area (Å²) in [5.41, 5.74) is 2.74. The molecular weight excluding hydrogens is 504 g/mol. The number of carbonyl (C=O) groups is 4. The average molecular weight is 543 g/mol. The van der Waals surface area contributed by atoms with E-state index in [1.165, 1.54) is 25.2 Å². The lowest BCUT2D eigenvalue weighted by atomic mass is 10.1. The summed E-state index contributed by atoms with van der Waals surface area (Å²) >= 11 is 0. The second-order valence-corrected chi connectivity index (χ2v) is 7.37. The van der Waals surface area contributed by atoms with E-state index < -0.39 is 24.1 Å². The summed E-state index contributed by atoms with van der Waals surface area (Å²) in [5.74, 6) is -0.945. The topological polar surface area (TPSA) is 129 Å². The Morgan fingerprint density at radius 3 is 1.26 bits per heavy atom. The van der Waals surface area contributed by atoms with Crippen molar-refractivity contribution in [1.82, 2.24) is 10.6 Å². The summed E-state index contributed by atoms with van der Waals surface area (Å²) in [6, 6.07) is 21.1. The van der Waals surface area contributed by atoms with Crippen molar-refractivity contribution in [2.75, 3.05) is 40.5 Å². The molecule has 10 nitrogen and oxygen atoms in total. The molecule has 0 aliphatic rings. The predicted octanol–water partition coefficient (Wildman–Crippen LogP) is 4.20. The van der Waals surface area contributed by atoms with Gasteiger partial charge in [-0.3, -0.25) is 0 Å². The first-order valence-electron chi connectivity index (χ1n) is 12.2. The van der Waals surface area contributed by atoms with Gasteiger partial charge < -0.3 is 29.6 Å². The fourth-order valence-electron chi connectivity index (χ4n) is 2.48. The van der Waals surface area contributed by atoms with Crippen molar-refractivity contribution in [1.29, 1.82) is 0 Å². The SMILES string of the molecule is C=CC(=O)OCCCOC(=O)NC.C=CC(=O)OCCCOC(=O)NC.c1ccc(Cc2ccccc2)cc1. The van der Waals surface area contributed by atoms with Crippen molar-refractivity contribution >= 4 is 24.1 Å². The van der Waals surface area contributed by atoms with Crippen molar-refractivity contribution in [2.24, 2.45) is 0 Å². The molecule has 2 aromatic carbocycles. The van der Waals surface area contributed by atoms with E-state index in [-0.39, 0.29) is 26.4 Å². The summed E-state index contributed by atoms with van der Waals surface area (Å²) < 4.78 is 18.6. The van der Waals surface area contributed by atoms with Gasteiger partial charge in [0.2, 0.25) is 0 Å². The first kappa shape index (κ1) is 34.4. The Morgan fingerprint density at radius 1 is 0.615 bits per heavy atom. The van der Waals surface area contributed by atoms with E-state index >= 15 is 0 Å². The Balaban J connectivity index is 0.000000555. The quantitative estimate of drug-likeness (QED) is 0.177. The smallest absolute Gasteiger partial charge is 0.406 e. The molecule has 212 valence electrons. The summed E-state index contributed by atoms with van der Waals surface area (Å²) in [7, 11) is 2.94. The third-order valence-electron chi connectivity index (χ3n) is 4.37. The lowest BCUT2D eigenvalue weighted by Gasteiger charge is -2.03. The van der Waals surface area contributed by atoms with Crippen LogP contribution in [0.5, 0.6) is 0 Å². The van der Waals surface area contributed by atoms with Crippen LogP contribution >= 0.6 is 0 Å². The van der Waals surface area contributed by atoms with E-state index in [4.69, 9.17) is 0 Å². The number of nitrogens with one attached hydrogen (secondary N) is 2. The number of alkyl carbamates (subject to hydrolysis) is 2. The molecule has 0 fully saturated rings. The third kappa shape index (κ3) is 21.2. The lowest BCUT2D eigenvalue weighted by Crippen LogP contribution is -2.20. The van der Waals surface area contributed by atoms with Crippen molar-refractivity contribution in [3.8, 4) is 0 Å². The van der Waals surface area contributed by atoms with E-state index in [1.807, 2.05) is 0 Å². The molecule has 10 heteroatoms. The molecule has 0 saturated carbocycles. The van der Waals surface area contributed by atoms with E-state index in [9.17, 15) is 19.2 Å². The summed E-state index contributed by atoms with van der Waals surface area (Å²) in [5, 5.41) is 4.58. The largest absolute Gasteiger partial charge is 0.462 e. The molecule has 0 saturated heterocycles. The molecule has 0 bridgehead atoms. The van der Waals surface area contributed by atoms with Gasteiger partial charge in [0.25, 0.3) is 0 Å². The molecule has 0 aliphatic heterocycles. The van der Waals surface area contributed by atoms with Crippen LogP contribution in [-0.2, 0) is 35.0 Å². The van der Waals surface area contributed by atoms with Crippen LogP contribution in [0.1, 0.15) is 24.0 Å². The van der Waals surface area contributed by atoms with E-state index in [0.717, 1.165) is 18.6 Å².